The van der Waals surface area contributed by atoms with E-state index in [9.17, 15) is 9.59 Å². The highest BCUT2D eigenvalue weighted by molar-refractivity contribution is 5.74. The third kappa shape index (κ3) is 3.75. The van der Waals surface area contributed by atoms with Crippen molar-refractivity contribution in [1.82, 2.24) is 15.1 Å². The van der Waals surface area contributed by atoms with Crippen LogP contribution < -0.4 is 5.32 Å². The molecule has 0 aromatic carbocycles. The van der Waals surface area contributed by atoms with Gasteiger partial charge in [0.2, 0.25) is 0 Å². The van der Waals surface area contributed by atoms with Crippen molar-refractivity contribution in [2.45, 2.75) is 6.92 Å². The Morgan fingerprint density at radius 3 is 2.33 bits per heavy atom. The minimum Gasteiger partial charge on any atom is -0.480 e. The number of carbonyl (C=O) groups excluding carboxylic acids is 1. The highest BCUT2D eigenvalue weighted by Crippen LogP contribution is 2.01. The lowest BCUT2D eigenvalue weighted by atomic mass is 10.3. The molecular formula is C9H17N3O3. The molecule has 0 radical (unpaired) electrons. The van der Waals surface area contributed by atoms with E-state index >= 15 is 0 Å². The van der Waals surface area contributed by atoms with E-state index in [2.05, 4.69) is 5.32 Å². The third-order valence-electron chi connectivity index (χ3n) is 2.35. The summed E-state index contributed by atoms with van der Waals surface area (Å²) < 4.78 is 0. The highest BCUT2D eigenvalue weighted by atomic mass is 16.4. The Hall–Kier alpha value is -1.30. The van der Waals surface area contributed by atoms with E-state index in [1.807, 2.05) is 11.8 Å². The average Bonchev–Trinajstić information content (AvgIpc) is 2.18. The summed E-state index contributed by atoms with van der Waals surface area (Å²) in [6.07, 6.45) is 0. The van der Waals surface area contributed by atoms with Crippen LogP contribution in [0.1, 0.15) is 6.92 Å². The van der Waals surface area contributed by atoms with Gasteiger partial charge in [-0.2, -0.15) is 0 Å². The van der Waals surface area contributed by atoms with Crippen molar-refractivity contribution < 1.29 is 14.7 Å². The number of hydrogen-bond donors (Lipinski definition) is 2. The van der Waals surface area contributed by atoms with Crippen LogP contribution in [0.3, 0.4) is 0 Å². The molecule has 2 N–H and O–H groups in total. The maximum absolute atomic E-state index is 11.4. The Bertz CT molecular complexity index is 237. The molecule has 1 aliphatic heterocycles. The Kier molecular flexibility index (Phi) is 4.36. The Morgan fingerprint density at radius 1 is 1.27 bits per heavy atom. The zero-order valence-electron chi connectivity index (χ0n) is 8.90. The van der Waals surface area contributed by atoms with Gasteiger partial charge in [-0.25, -0.2) is 4.79 Å². The lowest BCUT2D eigenvalue weighted by Crippen LogP contribution is -2.52. The van der Waals surface area contributed by atoms with E-state index in [0.717, 1.165) is 0 Å². The van der Waals surface area contributed by atoms with Gasteiger partial charge in [-0.05, 0) is 6.92 Å². The summed E-state index contributed by atoms with van der Waals surface area (Å²) in [5.41, 5.74) is 0. The van der Waals surface area contributed by atoms with Crippen LogP contribution >= 0.6 is 0 Å². The van der Waals surface area contributed by atoms with Gasteiger partial charge in [-0.15, -0.1) is 0 Å². The number of rotatable bonds is 3. The summed E-state index contributed by atoms with van der Waals surface area (Å²) in [5, 5.41) is 11.3. The number of urea groups is 1. The van der Waals surface area contributed by atoms with Gasteiger partial charge in [0.15, 0.2) is 0 Å². The monoisotopic (exact) mass is 215 g/mol. The molecule has 0 atom stereocenters. The second-order valence-electron chi connectivity index (χ2n) is 3.49. The zero-order valence-corrected chi connectivity index (χ0v) is 8.90. The first kappa shape index (κ1) is 11.8. The predicted octanol–water partition coefficient (Wildman–Crippen LogP) is -0.582. The molecule has 6 nitrogen and oxygen atoms in total. The molecule has 1 aliphatic rings. The first-order valence-corrected chi connectivity index (χ1v) is 5.10. The quantitative estimate of drug-likeness (QED) is 0.660. The number of aliphatic carboxylic acids is 1. The van der Waals surface area contributed by atoms with Crippen LogP contribution in [-0.2, 0) is 4.79 Å². The van der Waals surface area contributed by atoms with Crippen LogP contribution in [0.4, 0.5) is 4.79 Å². The summed E-state index contributed by atoms with van der Waals surface area (Å²) >= 11 is 0. The van der Waals surface area contributed by atoms with Crippen molar-refractivity contribution in [2.24, 2.45) is 0 Å². The Morgan fingerprint density at radius 2 is 1.87 bits per heavy atom. The third-order valence-corrected chi connectivity index (χ3v) is 2.35. The molecule has 0 spiro atoms. The van der Waals surface area contributed by atoms with Crippen molar-refractivity contribution in [3.05, 3.63) is 0 Å². The lowest BCUT2D eigenvalue weighted by molar-refractivity contribution is -0.138. The second-order valence-corrected chi connectivity index (χ2v) is 3.49. The molecule has 1 saturated heterocycles. The number of nitrogens with one attached hydrogen (secondary N) is 1. The lowest BCUT2D eigenvalue weighted by Gasteiger charge is -2.33. The highest BCUT2D eigenvalue weighted by Gasteiger charge is 2.21. The fraction of sp³-hybridized carbons (Fsp3) is 0.778. The summed E-state index contributed by atoms with van der Waals surface area (Å²) in [6.45, 7) is 5.00. The molecule has 1 rings (SSSR count). The molecule has 0 aliphatic carbocycles. The first-order chi connectivity index (χ1) is 7.13. The zero-order chi connectivity index (χ0) is 11.3. The molecule has 0 saturated carbocycles. The minimum atomic E-state index is -0.818. The maximum atomic E-state index is 11.4. The second kappa shape index (κ2) is 5.55. The normalized spacial score (nSPS) is 17.5. The van der Waals surface area contributed by atoms with E-state index in [4.69, 9.17) is 5.11 Å². The fourth-order valence-electron chi connectivity index (χ4n) is 1.56. The molecule has 0 bridgehead atoms. The van der Waals surface area contributed by atoms with Crippen molar-refractivity contribution in [2.75, 3.05) is 39.3 Å². The minimum absolute atomic E-state index is 0.0588. The maximum Gasteiger partial charge on any atom is 0.317 e. The van der Waals surface area contributed by atoms with Gasteiger partial charge in [0, 0.05) is 32.7 Å². The van der Waals surface area contributed by atoms with Crippen LogP contribution in [-0.4, -0.2) is 66.2 Å². The molecule has 2 amide bonds. The SMILES string of the molecule is CCNC(=O)N1CCN(CC(=O)O)CC1. The van der Waals surface area contributed by atoms with E-state index in [0.29, 0.717) is 32.7 Å². The van der Waals surface area contributed by atoms with Gasteiger partial charge in [0.05, 0.1) is 6.54 Å². The first-order valence-electron chi connectivity index (χ1n) is 5.10. The summed E-state index contributed by atoms with van der Waals surface area (Å²) in [7, 11) is 0. The van der Waals surface area contributed by atoms with E-state index in [-0.39, 0.29) is 12.6 Å². The van der Waals surface area contributed by atoms with Crippen LogP contribution in [0.5, 0.6) is 0 Å². The van der Waals surface area contributed by atoms with Crippen LogP contribution in [0.25, 0.3) is 0 Å². The van der Waals surface area contributed by atoms with Crippen LogP contribution in [0.2, 0.25) is 0 Å². The molecule has 6 heteroatoms. The van der Waals surface area contributed by atoms with Gasteiger partial charge in [0.1, 0.15) is 0 Å². The standard InChI is InChI=1S/C9H17N3O3/c1-2-10-9(15)12-5-3-11(4-6-12)7-8(13)14/h2-7H2,1H3,(H,10,15)(H,13,14). The van der Waals surface area contributed by atoms with Gasteiger partial charge >= 0.3 is 12.0 Å². The largest absolute Gasteiger partial charge is 0.480 e. The van der Waals surface area contributed by atoms with E-state index in [1.54, 1.807) is 4.90 Å². The number of carbonyl (C=O) groups is 2. The molecule has 0 aromatic heterocycles. The van der Waals surface area contributed by atoms with Crippen LogP contribution in [0, 0.1) is 0 Å². The molecule has 0 aromatic rings. The molecule has 0 unspecified atom stereocenters. The van der Waals surface area contributed by atoms with Crippen molar-refractivity contribution in [1.29, 1.82) is 0 Å². The van der Waals surface area contributed by atoms with Crippen LogP contribution in [0.15, 0.2) is 0 Å². The van der Waals surface area contributed by atoms with Gasteiger partial charge < -0.3 is 15.3 Å². The number of nitrogens with zero attached hydrogens (tertiary/aromatic N) is 2. The predicted molar refractivity (Wildman–Crippen MR) is 54.7 cm³/mol. The number of carboxylic acids is 1. The molecule has 1 heterocycles. The van der Waals surface area contributed by atoms with E-state index in [1.165, 1.54) is 0 Å². The Labute approximate surface area is 88.8 Å². The van der Waals surface area contributed by atoms with Gasteiger partial charge in [-0.1, -0.05) is 0 Å². The van der Waals surface area contributed by atoms with Crippen molar-refractivity contribution in [3.63, 3.8) is 0 Å². The fourth-order valence-corrected chi connectivity index (χ4v) is 1.56. The smallest absolute Gasteiger partial charge is 0.317 e. The van der Waals surface area contributed by atoms with E-state index < -0.39 is 5.97 Å². The molecule has 86 valence electrons. The number of piperazine rings is 1. The number of carboxylic acid groups (broad SMARTS) is 1. The summed E-state index contributed by atoms with van der Waals surface area (Å²) in [4.78, 5) is 25.4. The number of hydrogen-bond acceptors (Lipinski definition) is 3. The summed E-state index contributed by atoms with van der Waals surface area (Å²) in [6, 6.07) is -0.0625. The van der Waals surface area contributed by atoms with Crippen molar-refractivity contribution in [3.8, 4) is 0 Å². The van der Waals surface area contributed by atoms with Crippen molar-refractivity contribution >= 4 is 12.0 Å². The Balaban J connectivity index is 2.29. The average molecular weight is 215 g/mol. The summed E-state index contributed by atoms with van der Waals surface area (Å²) in [5.74, 6) is -0.818. The number of amides is 2. The topological polar surface area (TPSA) is 72.9 Å². The van der Waals surface area contributed by atoms with Gasteiger partial charge in [0.25, 0.3) is 0 Å². The molecular weight excluding hydrogens is 198 g/mol. The molecule has 1 fully saturated rings. The van der Waals surface area contributed by atoms with Gasteiger partial charge in [-0.3, -0.25) is 9.69 Å². The molecule has 15 heavy (non-hydrogen) atoms.